The van der Waals surface area contributed by atoms with Crippen LogP contribution in [0, 0.1) is 12.7 Å². The topological polar surface area (TPSA) is 26.0 Å². The Bertz CT molecular complexity index is 601. The van der Waals surface area contributed by atoms with E-state index in [2.05, 4.69) is 15.9 Å². The lowest BCUT2D eigenvalue weighted by molar-refractivity contribution is 0.593. The average Bonchev–Trinajstić information content (AvgIpc) is 2.38. The van der Waals surface area contributed by atoms with Gasteiger partial charge in [-0.3, -0.25) is 0 Å². The molecule has 0 amide bonds. The number of rotatable bonds is 3. The predicted octanol–water partition coefficient (Wildman–Crippen LogP) is 4.79. The number of benzene rings is 2. The fraction of sp³-hybridized carbons (Fsp3) is 0.200. The van der Waals surface area contributed by atoms with E-state index in [0.717, 1.165) is 15.6 Å². The maximum Gasteiger partial charge on any atom is 0.145 e. The number of nitrogens with two attached hydrogens (primary N) is 1. The number of aryl methyl sites for hydroxylation is 1. The molecule has 0 fully saturated rings. The van der Waals surface area contributed by atoms with Crippen LogP contribution in [0.2, 0.25) is 5.02 Å². The molecule has 0 spiro atoms. The standard InChI is InChI=1S/C15H14BrClFN/c1-9-5-6-11(16)8-12(9)14(19)7-10-3-2-4-13(17)15(10)18/h2-6,8,14H,7,19H2,1H3. The van der Waals surface area contributed by atoms with Crippen molar-refractivity contribution >= 4 is 27.5 Å². The molecule has 2 N–H and O–H groups in total. The van der Waals surface area contributed by atoms with Crippen LogP contribution in [0.3, 0.4) is 0 Å². The smallest absolute Gasteiger partial charge is 0.145 e. The van der Waals surface area contributed by atoms with Crippen molar-refractivity contribution in [2.75, 3.05) is 0 Å². The van der Waals surface area contributed by atoms with Gasteiger partial charge in [0, 0.05) is 10.5 Å². The lowest BCUT2D eigenvalue weighted by Gasteiger charge is -2.16. The van der Waals surface area contributed by atoms with Gasteiger partial charge in [-0.15, -0.1) is 0 Å². The Balaban J connectivity index is 2.28. The Hall–Kier alpha value is -0.900. The van der Waals surface area contributed by atoms with Gasteiger partial charge in [-0.05, 0) is 48.2 Å². The average molecular weight is 343 g/mol. The Morgan fingerprint density at radius 2 is 2.05 bits per heavy atom. The van der Waals surface area contributed by atoms with Crippen LogP contribution in [0.4, 0.5) is 4.39 Å². The molecule has 100 valence electrons. The van der Waals surface area contributed by atoms with Crippen molar-refractivity contribution < 1.29 is 4.39 Å². The maximum atomic E-state index is 13.9. The maximum absolute atomic E-state index is 13.9. The van der Waals surface area contributed by atoms with E-state index in [0.29, 0.717) is 12.0 Å². The van der Waals surface area contributed by atoms with Crippen molar-refractivity contribution in [1.29, 1.82) is 0 Å². The molecule has 0 aromatic heterocycles. The number of halogens is 3. The zero-order chi connectivity index (χ0) is 14.0. The zero-order valence-corrected chi connectivity index (χ0v) is 12.8. The van der Waals surface area contributed by atoms with E-state index in [1.807, 2.05) is 25.1 Å². The van der Waals surface area contributed by atoms with Crippen molar-refractivity contribution in [2.24, 2.45) is 5.73 Å². The molecule has 0 bridgehead atoms. The first-order valence-electron chi connectivity index (χ1n) is 5.93. The fourth-order valence-electron chi connectivity index (χ4n) is 2.06. The minimum Gasteiger partial charge on any atom is -0.324 e. The SMILES string of the molecule is Cc1ccc(Br)cc1C(N)Cc1cccc(Cl)c1F. The number of hydrogen-bond donors (Lipinski definition) is 1. The quantitative estimate of drug-likeness (QED) is 0.852. The lowest BCUT2D eigenvalue weighted by atomic mass is 9.96. The van der Waals surface area contributed by atoms with Crippen LogP contribution < -0.4 is 5.73 Å². The van der Waals surface area contributed by atoms with Gasteiger partial charge < -0.3 is 5.73 Å². The Morgan fingerprint density at radius 1 is 1.32 bits per heavy atom. The van der Waals surface area contributed by atoms with Gasteiger partial charge in [-0.2, -0.15) is 0 Å². The third-order valence-corrected chi connectivity index (χ3v) is 3.90. The molecule has 2 aromatic carbocycles. The summed E-state index contributed by atoms with van der Waals surface area (Å²) < 4.78 is 14.8. The van der Waals surface area contributed by atoms with E-state index < -0.39 is 0 Å². The van der Waals surface area contributed by atoms with Gasteiger partial charge in [-0.25, -0.2) is 4.39 Å². The summed E-state index contributed by atoms with van der Waals surface area (Å²) in [6, 6.07) is 10.7. The first-order chi connectivity index (χ1) is 8.99. The molecule has 0 aliphatic heterocycles. The summed E-state index contributed by atoms with van der Waals surface area (Å²) in [6.45, 7) is 2.00. The molecule has 0 saturated carbocycles. The largest absolute Gasteiger partial charge is 0.324 e. The van der Waals surface area contributed by atoms with Gasteiger partial charge in [0.1, 0.15) is 5.82 Å². The molecule has 2 aromatic rings. The predicted molar refractivity (Wildman–Crippen MR) is 80.9 cm³/mol. The van der Waals surface area contributed by atoms with Crippen molar-refractivity contribution in [2.45, 2.75) is 19.4 Å². The van der Waals surface area contributed by atoms with Crippen LogP contribution in [-0.4, -0.2) is 0 Å². The molecule has 0 heterocycles. The summed E-state index contributed by atoms with van der Waals surface area (Å²) in [6.07, 6.45) is 0.420. The molecule has 1 unspecified atom stereocenters. The summed E-state index contributed by atoms with van der Waals surface area (Å²) in [5.74, 6) is -0.382. The van der Waals surface area contributed by atoms with E-state index >= 15 is 0 Å². The molecular weight excluding hydrogens is 329 g/mol. The first kappa shape index (κ1) is 14.5. The normalized spacial score (nSPS) is 12.5. The summed E-state index contributed by atoms with van der Waals surface area (Å²) in [5, 5.41) is 0.135. The molecule has 0 aliphatic carbocycles. The second-order valence-corrected chi connectivity index (χ2v) is 5.85. The van der Waals surface area contributed by atoms with Crippen LogP contribution in [0.5, 0.6) is 0 Å². The van der Waals surface area contributed by atoms with Crippen LogP contribution in [-0.2, 0) is 6.42 Å². The van der Waals surface area contributed by atoms with Gasteiger partial charge in [0.15, 0.2) is 0 Å². The van der Waals surface area contributed by atoms with Gasteiger partial charge >= 0.3 is 0 Å². The van der Waals surface area contributed by atoms with Gasteiger partial charge in [0.25, 0.3) is 0 Å². The van der Waals surface area contributed by atoms with Crippen molar-refractivity contribution in [1.82, 2.24) is 0 Å². The molecule has 0 radical (unpaired) electrons. The lowest BCUT2D eigenvalue weighted by Crippen LogP contribution is -2.15. The third-order valence-electron chi connectivity index (χ3n) is 3.11. The van der Waals surface area contributed by atoms with Gasteiger partial charge in [0.2, 0.25) is 0 Å². The van der Waals surface area contributed by atoms with E-state index in [9.17, 15) is 4.39 Å². The van der Waals surface area contributed by atoms with E-state index in [1.165, 1.54) is 6.07 Å². The second kappa shape index (κ2) is 6.04. The summed E-state index contributed by atoms with van der Waals surface area (Å²) in [5.41, 5.74) is 8.83. The fourth-order valence-corrected chi connectivity index (χ4v) is 2.64. The van der Waals surface area contributed by atoms with Crippen molar-refractivity contribution in [3.8, 4) is 0 Å². The van der Waals surface area contributed by atoms with Crippen molar-refractivity contribution in [3.05, 3.63) is 68.4 Å². The molecule has 4 heteroatoms. The Morgan fingerprint density at radius 3 is 2.79 bits per heavy atom. The molecule has 2 rings (SSSR count). The van der Waals surface area contributed by atoms with E-state index in [4.69, 9.17) is 17.3 Å². The highest BCUT2D eigenvalue weighted by Crippen LogP contribution is 2.26. The Labute approximate surface area is 125 Å². The van der Waals surface area contributed by atoms with Crippen LogP contribution in [0.25, 0.3) is 0 Å². The molecule has 1 nitrogen and oxygen atoms in total. The van der Waals surface area contributed by atoms with E-state index in [1.54, 1.807) is 12.1 Å². The highest BCUT2D eigenvalue weighted by Gasteiger charge is 2.14. The van der Waals surface area contributed by atoms with Gasteiger partial charge in [-0.1, -0.05) is 45.7 Å². The van der Waals surface area contributed by atoms with Gasteiger partial charge in [0.05, 0.1) is 5.02 Å². The third kappa shape index (κ3) is 3.35. The summed E-state index contributed by atoms with van der Waals surface area (Å²) in [4.78, 5) is 0. The summed E-state index contributed by atoms with van der Waals surface area (Å²) >= 11 is 9.20. The zero-order valence-electron chi connectivity index (χ0n) is 10.5. The number of hydrogen-bond acceptors (Lipinski definition) is 1. The van der Waals surface area contributed by atoms with Crippen molar-refractivity contribution in [3.63, 3.8) is 0 Å². The molecule has 1 atom stereocenters. The van der Waals surface area contributed by atoms with Crippen LogP contribution >= 0.6 is 27.5 Å². The van der Waals surface area contributed by atoms with E-state index in [-0.39, 0.29) is 16.9 Å². The molecule has 19 heavy (non-hydrogen) atoms. The molecular formula is C15H14BrClFN. The Kier molecular flexibility index (Phi) is 4.61. The monoisotopic (exact) mass is 341 g/mol. The van der Waals surface area contributed by atoms with Crippen LogP contribution in [0.15, 0.2) is 40.9 Å². The highest BCUT2D eigenvalue weighted by molar-refractivity contribution is 9.10. The summed E-state index contributed by atoms with van der Waals surface area (Å²) in [7, 11) is 0. The molecule has 0 saturated heterocycles. The molecule has 0 aliphatic rings. The van der Waals surface area contributed by atoms with Crippen LogP contribution in [0.1, 0.15) is 22.7 Å². The second-order valence-electron chi connectivity index (χ2n) is 4.52. The minimum atomic E-state index is -0.382. The first-order valence-corrected chi connectivity index (χ1v) is 7.10. The highest BCUT2D eigenvalue weighted by atomic mass is 79.9. The minimum absolute atomic E-state index is 0.135.